The first-order chi connectivity index (χ1) is 18.0. The Hall–Kier alpha value is -4.67. The standard InChI is InChI=1S/C20H20N2O.C7H5N6P/c1-2-8-17-18(20(23)22-15-10-4-3-5-11-15)13-14-9-6-7-12-16(14)19(17)21;8-1-5-2-12-13(6(5)14)7-10-3-9-4-11-7/h3-7,9-13H,2,8,21H2,1H3,(H,22,23);2-4H,14H2. The molecule has 2 aromatic heterocycles. The van der Waals surface area contributed by atoms with Gasteiger partial charge in [-0.2, -0.15) is 25.0 Å². The van der Waals surface area contributed by atoms with E-state index in [2.05, 4.69) is 41.5 Å². The molecule has 3 N–H and O–H groups in total. The average molecular weight is 509 g/mol. The number of hydrogen-bond acceptors (Lipinski definition) is 7. The molecule has 10 heteroatoms. The van der Waals surface area contributed by atoms with Crippen LogP contribution in [0.5, 0.6) is 0 Å². The van der Waals surface area contributed by atoms with E-state index in [-0.39, 0.29) is 5.91 Å². The molecule has 1 amide bonds. The van der Waals surface area contributed by atoms with Gasteiger partial charge in [0.05, 0.1) is 17.2 Å². The quantitative estimate of drug-likeness (QED) is 0.270. The van der Waals surface area contributed by atoms with E-state index in [1.807, 2.05) is 66.7 Å². The highest BCUT2D eigenvalue weighted by Gasteiger charge is 2.16. The number of nitrogens with one attached hydrogen (secondary N) is 1. The van der Waals surface area contributed by atoms with Gasteiger partial charge in [0.2, 0.25) is 0 Å². The lowest BCUT2D eigenvalue weighted by molar-refractivity contribution is 0.102. The summed E-state index contributed by atoms with van der Waals surface area (Å²) in [5.41, 5.74) is 10.6. The minimum atomic E-state index is -0.114. The zero-order valence-corrected chi connectivity index (χ0v) is 21.3. The fourth-order valence-electron chi connectivity index (χ4n) is 3.81. The molecule has 0 fully saturated rings. The highest BCUT2D eigenvalue weighted by Crippen LogP contribution is 2.30. The van der Waals surface area contributed by atoms with Gasteiger partial charge in [-0.05, 0) is 35.6 Å². The number of anilines is 2. The number of carbonyl (C=O) groups excluding carboxylic acids is 1. The topological polar surface area (TPSA) is 135 Å². The van der Waals surface area contributed by atoms with Crippen LogP contribution in [0.4, 0.5) is 11.4 Å². The average Bonchev–Trinajstić information content (AvgIpc) is 3.32. The lowest BCUT2D eigenvalue weighted by Crippen LogP contribution is -2.15. The third-order valence-corrected chi connectivity index (χ3v) is 6.13. The number of rotatable bonds is 5. The monoisotopic (exact) mass is 508 g/mol. The Morgan fingerprint density at radius 3 is 2.49 bits per heavy atom. The summed E-state index contributed by atoms with van der Waals surface area (Å²) in [7, 11) is 2.43. The van der Waals surface area contributed by atoms with Crippen LogP contribution in [0.1, 0.15) is 34.8 Å². The van der Waals surface area contributed by atoms with E-state index in [4.69, 9.17) is 11.0 Å². The van der Waals surface area contributed by atoms with Crippen molar-refractivity contribution in [1.82, 2.24) is 24.7 Å². The molecule has 5 aromatic rings. The van der Waals surface area contributed by atoms with Crippen LogP contribution in [0.3, 0.4) is 0 Å². The number of hydrogen-bond donors (Lipinski definition) is 2. The van der Waals surface area contributed by atoms with E-state index in [9.17, 15) is 4.79 Å². The van der Waals surface area contributed by atoms with Gasteiger partial charge in [-0.15, -0.1) is 0 Å². The normalized spacial score (nSPS) is 10.3. The van der Waals surface area contributed by atoms with Gasteiger partial charge in [-0.1, -0.05) is 65.0 Å². The maximum absolute atomic E-state index is 12.7. The van der Waals surface area contributed by atoms with Gasteiger partial charge in [-0.25, -0.2) is 4.98 Å². The van der Waals surface area contributed by atoms with E-state index in [1.165, 1.54) is 23.5 Å². The Labute approximate surface area is 216 Å². The molecule has 0 radical (unpaired) electrons. The van der Waals surface area contributed by atoms with Crippen LogP contribution < -0.4 is 16.5 Å². The zero-order chi connectivity index (χ0) is 26.2. The van der Waals surface area contributed by atoms with Crippen LogP contribution in [0.25, 0.3) is 16.7 Å². The van der Waals surface area contributed by atoms with Crippen molar-refractivity contribution >= 4 is 42.7 Å². The number of aromatic nitrogens is 5. The highest BCUT2D eigenvalue weighted by molar-refractivity contribution is 7.27. The second-order valence-corrected chi connectivity index (χ2v) is 8.56. The molecule has 9 nitrogen and oxygen atoms in total. The molecule has 0 aliphatic carbocycles. The largest absolute Gasteiger partial charge is 0.398 e. The van der Waals surface area contributed by atoms with Crippen molar-refractivity contribution < 1.29 is 4.79 Å². The van der Waals surface area contributed by atoms with Gasteiger partial charge in [0.1, 0.15) is 18.7 Å². The molecule has 37 heavy (non-hydrogen) atoms. The summed E-state index contributed by atoms with van der Waals surface area (Å²) < 4.78 is 1.46. The van der Waals surface area contributed by atoms with Crippen LogP contribution >= 0.6 is 9.24 Å². The predicted molar refractivity (Wildman–Crippen MR) is 148 cm³/mol. The predicted octanol–water partition coefficient (Wildman–Crippen LogP) is 4.06. The molecule has 0 saturated heterocycles. The van der Waals surface area contributed by atoms with Crippen LogP contribution in [-0.4, -0.2) is 30.6 Å². The number of carbonyl (C=O) groups is 1. The molecule has 0 spiro atoms. The van der Waals surface area contributed by atoms with E-state index in [0.29, 0.717) is 28.2 Å². The summed E-state index contributed by atoms with van der Waals surface area (Å²) in [4.78, 5) is 24.3. The summed E-state index contributed by atoms with van der Waals surface area (Å²) in [6.07, 6.45) is 5.94. The number of nitrogen functional groups attached to an aromatic ring is 1. The second kappa shape index (κ2) is 11.8. The Morgan fingerprint density at radius 1 is 1.11 bits per heavy atom. The number of para-hydroxylation sites is 1. The lowest BCUT2D eigenvalue weighted by Gasteiger charge is -2.15. The van der Waals surface area contributed by atoms with Gasteiger partial charge < -0.3 is 11.1 Å². The van der Waals surface area contributed by atoms with Crippen molar-refractivity contribution in [2.45, 2.75) is 19.8 Å². The molecular weight excluding hydrogens is 483 g/mol. The van der Waals surface area contributed by atoms with Gasteiger partial charge >= 0.3 is 0 Å². The van der Waals surface area contributed by atoms with Crippen molar-refractivity contribution in [2.24, 2.45) is 0 Å². The number of amides is 1. The number of nitriles is 1. The summed E-state index contributed by atoms with van der Waals surface area (Å²) in [6.45, 7) is 2.09. The molecule has 1 unspecified atom stereocenters. The minimum Gasteiger partial charge on any atom is -0.398 e. The second-order valence-electron chi connectivity index (χ2n) is 8.01. The molecule has 184 valence electrons. The first kappa shape index (κ1) is 25.4. The number of nitrogens with two attached hydrogens (primary N) is 1. The number of fused-ring (bicyclic) bond motifs is 1. The van der Waals surface area contributed by atoms with Crippen LogP contribution in [-0.2, 0) is 6.42 Å². The molecular formula is C27H25N8OP. The van der Waals surface area contributed by atoms with Crippen LogP contribution in [0, 0.1) is 11.3 Å². The van der Waals surface area contributed by atoms with Crippen molar-refractivity contribution in [3.8, 4) is 12.0 Å². The van der Waals surface area contributed by atoms with Gasteiger partial charge in [0.25, 0.3) is 11.9 Å². The summed E-state index contributed by atoms with van der Waals surface area (Å²) in [6, 6.07) is 21.3. The molecule has 0 aliphatic rings. The van der Waals surface area contributed by atoms with Gasteiger partial charge in [0, 0.05) is 22.3 Å². The zero-order valence-electron chi connectivity index (χ0n) is 20.2. The number of nitrogens with zero attached hydrogens (tertiary/aromatic N) is 6. The first-order valence-electron chi connectivity index (χ1n) is 11.6. The molecule has 2 heterocycles. The summed E-state index contributed by atoms with van der Waals surface area (Å²) >= 11 is 0. The lowest BCUT2D eigenvalue weighted by atomic mass is 9.95. The Morgan fingerprint density at radius 2 is 1.81 bits per heavy atom. The first-order valence-corrected chi connectivity index (χ1v) is 12.1. The SMILES string of the molecule is CCCc1c(C(=O)Nc2ccccc2)cc2ccccc2c1N.N#Cc1cnn(-c2ncncn2)c1P. The molecule has 3 aromatic carbocycles. The number of benzene rings is 3. The Kier molecular flexibility index (Phi) is 8.14. The smallest absolute Gasteiger partial charge is 0.256 e. The molecule has 0 bridgehead atoms. The van der Waals surface area contributed by atoms with Crippen LogP contribution in [0.15, 0.2) is 79.5 Å². The third kappa shape index (κ3) is 5.77. The molecule has 0 aliphatic heterocycles. The van der Waals surface area contributed by atoms with Crippen molar-refractivity contribution in [1.29, 1.82) is 5.26 Å². The van der Waals surface area contributed by atoms with Gasteiger partial charge in [-0.3, -0.25) is 4.79 Å². The molecule has 1 atom stereocenters. The van der Waals surface area contributed by atoms with E-state index < -0.39 is 0 Å². The van der Waals surface area contributed by atoms with E-state index in [0.717, 1.165) is 34.9 Å². The highest BCUT2D eigenvalue weighted by atomic mass is 31.0. The Bertz CT molecular complexity index is 1560. The molecule has 0 saturated carbocycles. The van der Waals surface area contributed by atoms with Crippen LogP contribution in [0.2, 0.25) is 0 Å². The van der Waals surface area contributed by atoms with Crippen molar-refractivity contribution in [2.75, 3.05) is 11.1 Å². The Balaban J connectivity index is 0.000000195. The molecule has 5 rings (SSSR count). The fourth-order valence-corrected chi connectivity index (χ4v) is 4.13. The van der Waals surface area contributed by atoms with E-state index in [1.54, 1.807) is 0 Å². The fraction of sp³-hybridized carbons (Fsp3) is 0.111. The maximum Gasteiger partial charge on any atom is 0.256 e. The maximum atomic E-state index is 12.7. The minimum absolute atomic E-state index is 0.114. The van der Waals surface area contributed by atoms with Crippen molar-refractivity contribution in [3.05, 3.63) is 96.2 Å². The van der Waals surface area contributed by atoms with Crippen molar-refractivity contribution in [3.63, 3.8) is 0 Å². The summed E-state index contributed by atoms with van der Waals surface area (Å²) in [5, 5.41) is 17.6. The van der Waals surface area contributed by atoms with Gasteiger partial charge in [0.15, 0.2) is 0 Å². The summed E-state index contributed by atoms with van der Waals surface area (Å²) in [5.74, 6) is 0.281. The third-order valence-electron chi connectivity index (χ3n) is 5.57. The van der Waals surface area contributed by atoms with E-state index >= 15 is 0 Å².